The highest BCUT2D eigenvalue weighted by atomic mass is 35.5. The first-order valence-electron chi connectivity index (χ1n) is 9.05. The third-order valence-electron chi connectivity index (χ3n) is 4.71. The molecule has 150 valence electrons. The van der Waals surface area contributed by atoms with E-state index in [-0.39, 0.29) is 18.5 Å². The number of hydrogen-bond donors (Lipinski definition) is 1. The molecule has 0 aromatic heterocycles. The summed E-state index contributed by atoms with van der Waals surface area (Å²) >= 11 is 6.09. The lowest BCUT2D eigenvalue weighted by atomic mass is 10.1. The van der Waals surface area contributed by atoms with Crippen LogP contribution in [0.3, 0.4) is 0 Å². The number of benzene rings is 1. The maximum atomic E-state index is 13.1. The second-order valence-electron chi connectivity index (χ2n) is 6.67. The molecule has 1 aromatic carbocycles. The van der Waals surface area contributed by atoms with Gasteiger partial charge < -0.3 is 19.5 Å². The van der Waals surface area contributed by atoms with Crippen LogP contribution in [-0.4, -0.2) is 79.8 Å². The van der Waals surface area contributed by atoms with Gasteiger partial charge in [0.15, 0.2) is 0 Å². The number of hydrogen-bond acceptors (Lipinski definition) is 5. The molecule has 0 aliphatic carbocycles. The number of carboxylic acid groups (broad SMARTS) is 1. The number of methoxy groups -OCH3 is 1. The number of rotatable bonds is 8. The lowest BCUT2D eigenvalue weighted by Crippen LogP contribution is -2.37. The summed E-state index contributed by atoms with van der Waals surface area (Å²) in [6.45, 7) is 1.97. The Morgan fingerprint density at radius 3 is 2.78 bits per heavy atom. The van der Waals surface area contributed by atoms with E-state index in [0.29, 0.717) is 42.6 Å². The number of halogens is 1. The molecule has 0 spiro atoms. The van der Waals surface area contributed by atoms with Crippen molar-refractivity contribution < 1.29 is 24.2 Å². The molecule has 1 unspecified atom stereocenters. The first kappa shape index (κ1) is 21.5. The molecule has 2 rings (SSSR count). The lowest BCUT2D eigenvalue weighted by Gasteiger charge is -2.26. The zero-order chi connectivity index (χ0) is 19.8. The van der Waals surface area contributed by atoms with Crippen LogP contribution in [0, 0.1) is 0 Å². The van der Waals surface area contributed by atoms with Crippen molar-refractivity contribution in [1.29, 1.82) is 0 Å². The molecule has 1 fully saturated rings. The number of amides is 1. The van der Waals surface area contributed by atoms with Gasteiger partial charge in [-0.2, -0.15) is 0 Å². The van der Waals surface area contributed by atoms with Gasteiger partial charge in [-0.25, -0.2) is 0 Å². The summed E-state index contributed by atoms with van der Waals surface area (Å²) < 4.78 is 10.7. The summed E-state index contributed by atoms with van der Waals surface area (Å²) in [6.07, 6.45) is 2.41. The van der Waals surface area contributed by atoms with Crippen molar-refractivity contribution in [1.82, 2.24) is 9.80 Å². The van der Waals surface area contributed by atoms with E-state index in [9.17, 15) is 9.59 Å². The number of likely N-dealkylation sites (N-methyl/N-ethyl adjacent to an activating group) is 1. The van der Waals surface area contributed by atoms with Crippen LogP contribution >= 0.6 is 11.6 Å². The monoisotopic (exact) mass is 398 g/mol. The Morgan fingerprint density at radius 1 is 1.30 bits per heavy atom. The number of likely N-dealkylation sites (tertiary alicyclic amines) is 1. The number of carboxylic acids is 1. The van der Waals surface area contributed by atoms with Gasteiger partial charge in [0.1, 0.15) is 12.4 Å². The fourth-order valence-corrected chi connectivity index (χ4v) is 3.44. The molecule has 0 bridgehead atoms. The fourth-order valence-electron chi connectivity index (χ4n) is 3.27. The van der Waals surface area contributed by atoms with Crippen molar-refractivity contribution in [2.45, 2.75) is 25.3 Å². The van der Waals surface area contributed by atoms with Gasteiger partial charge in [0.2, 0.25) is 0 Å². The Bertz CT molecular complexity index is 655. The molecule has 1 saturated heterocycles. The molecule has 1 heterocycles. The minimum atomic E-state index is -0.841. The molecule has 7 nitrogen and oxygen atoms in total. The molecule has 1 aliphatic heterocycles. The van der Waals surface area contributed by atoms with E-state index >= 15 is 0 Å². The molecular weight excluding hydrogens is 372 g/mol. The number of nitrogens with zero attached hydrogens (tertiary/aromatic N) is 2. The standard InChI is InChI=1S/C19H27ClN2O5/c1-21(13-18(23)24)15-4-3-8-22(9-7-15)19(25)16-12-14(20)5-6-17(16)27-11-10-26-2/h5-6,12,15H,3-4,7-11,13H2,1-2H3,(H,23,24). The Labute approximate surface area is 164 Å². The summed E-state index contributed by atoms with van der Waals surface area (Å²) in [5.74, 6) is -0.469. The maximum absolute atomic E-state index is 13.1. The van der Waals surface area contributed by atoms with Crippen LogP contribution < -0.4 is 4.74 Å². The predicted molar refractivity (Wildman–Crippen MR) is 103 cm³/mol. The van der Waals surface area contributed by atoms with E-state index in [2.05, 4.69) is 0 Å². The summed E-state index contributed by atoms with van der Waals surface area (Å²) in [7, 11) is 3.40. The van der Waals surface area contributed by atoms with Gasteiger partial charge in [-0.1, -0.05) is 11.6 Å². The molecule has 0 saturated carbocycles. The number of carbonyl (C=O) groups is 2. The fraction of sp³-hybridized carbons (Fsp3) is 0.579. The zero-order valence-electron chi connectivity index (χ0n) is 15.8. The summed E-state index contributed by atoms with van der Waals surface area (Å²) in [4.78, 5) is 27.6. The van der Waals surface area contributed by atoms with Crippen LogP contribution in [0.2, 0.25) is 5.02 Å². The van der Waals surface area contributed by atoms with Crippen LogP contribution in [-0.2, 0) is 9.53 Å². The van der Waals surface area contributed by atoms with Crippen molar-refractivity contribution in [3.05, 3.63) is 28.8 Å². The van der Waals surface area contributed by atoms with Crippen molar-refractivity contribution in [3.63, 3.8) is 0 Å². The van der Waals surface area contributed by atoms with Gasteiger partial charge in [-0.05, 0) is 44.5 Å². The molecule has 8 heteroatoms. The zero-order valence-corrected chi connectivity index (χ0v) is 16.6. The Morgan fingerprint density at radius 2 is 2.07 bits per heavy atom. The quantitative estimate of drug-likeness (QED) is 0.677. The van der Waals surface area contributed by atoms with E-state index in [1.807, 2.05) is 11.9 Å². The molecule has 27 heavy (non-hydrogen) atoms. The van der Waals surface area contributed by atoms with Crippen LogP contribution in [0.25, 0.3) is 0 Å². The molecule has 0 radical (unpaired) electrons. The van der Waals surface area contributed by atoms with Crippen LogP contribution in [0.4, 0.5) is 0 Å². The lowest BCUT2D eigenvalue weighted by molar-refractivity contribution is -0.138. The molecular formula is C19H27ClN2O5. The van der Waals surface area contributed by atoms with E-state index in [4.69, 9.17) is 26.2 Å². The average molecular weight is 399 g/mol. The van der Waals surface area contributed by atoms with Crippen molar-refractivity contribution in [2.75, 3.05) is 47.0 Å². The number of carbonyl (C=O) groups excluding carboxylic acids is 1. The molecule has 1 atom stereocenters. The van der Waals surface area contributed by atoms with Crippen LogP contribution in [0.5, 0.6) is 5.75 Å². The molecule has 1 amide bonds. The normalized spacial score (nSPS) is 17.6. The highest BCUT2D eigenvalue weighted by Crippen LogP contribution is 2.26. The first-order valence-corrected chi connectivity index (χ1v) is 9.42. The van der Waals surface area contributed by atoms with Gasteiger partial charge in [0.25, 0.3) is 5.91 Å². The highest BCUT2D eigenvalue weighted by Gasteiger charge is 2.26. The SMILES string of the molecule is COCCOc1ccc(Cl)cc1C(=O)N1CCCC(N(C)CC(=O)O)CC1. The molecule has 1 N–H and O–H groups in total. The summed E-state index contributed by atoms with van der Waals surface area (Å²) in [5.41, 5.74) is 0.441. The highest BCUT2D eigenvalue weighted by molar-refractivity contribution is 6.31. The predicted octanol–water partition coefficient (Wildman–Crippen LogP) is 2.38. The third-order valence-corrected chi connectivity index (χ3v) is 4.94. The van der Waals surface area contributed by atoms with Crippen LogP contribution in [0.1, 0.15) is 29.6 Å². The van der Waals surface area contributed by atoms with E-state index in [1.165, 1.54) is 0 Å². The van der Waals surface area contributed by atoms with Crippen molar-refractivity contribution >= 4 is 23.5 Å². The number of aliphatic carboxylic acids is 1. The Hall–Kier alpha value is -1.83. The second-order valence-corrected chi connectivity index (χ2v) is 7.10. The molecule has 1 aliphatic rings. The van der Waals surface area contributed by atoms with E-state index < -0.39 is 5.97 Å². The van der Waals surface area contributed by atoms with Gasteiger partial charge in [0, 0.05) is 31.3 Å². The van der Waals surface area contributed by atoms with E-state index in [1.54, 1.807) is 30.2 Å². The largest absolute Gasteiger partial charge is 0.490 e. The molecule has 1 aromatic rings. The third kappa shape index (κ3) is 6.37. The van der Waals surface area contributed by atoms with Gasteiger partial charge in [-0.15, -0.1) is 0 Å². The summed E-state index contributed by atoms with van der Waals surface area (Å²) in [6, 6.07) is 5.17. The Balaban J connectivity index is 2.06. The van der Waals surface area contributed by atoms with Gasteiger partial charge in [0.05, 0.1) is 18.7 Å². The minimum absolute atomic E-state index is 0.00436. The number of ether oxygens (including phenoxy) is 2. The van der Waals surface area contributed by atoms with Crippen molar-refractivity contribution in [2.24, 2.45) is 0 Å². The topological polar surface area (TPSA) is 79.3 Å². The first-order chi connectivity index (χ1) is 12.9. The van der Waals surface area contributed by atoms with Crippen molar-refractivity contribution in [3.8, 4) is 5.75 Å². The van der Waals surface area contributed by atoms with Gasteiger partial charge >= 0.3 is 5.97 Å². The van der Waals surface area contributed by atoms with Crippen LogP contribution in [0.15, 0.2) is 18.2 Å². The van der Waals surface area contributed by atoms with E-state index in [0.717, 1.165) is 19.3 Å². The average Bonchev–Trinajstić information content (AvgIpc) is 2.88. The minimum Gasteiger partial charge on any atom is -0.490 e. The Kier molecular flexibility index (Phi) is 8.34. The maximum Gasteiger partial charge on any atom is 0.317 e. The smallest absolute Gasteiger partial charge is 0.317 e. The second kappa shape index (κ2) is 10.5. The summed E-state index contributed by atoms with van der Waals surface area (Å²) in [5, 5.41) is 9.46. The van der Waals surface area contributed by atoms with Gasteiger partial charge in [-0.3, -0.25) is 14.5 Å².